The number of aryl methyl sites for hydroxylation is 1. The maximum Gasteiger partial charge on any atom is 0.330 e. The van der Waals surface area contributed by atoms with Crippen LogP contribution in [0.3, 0.4) is 0 Å². The second-order valence-electron chi connectivity index (χ2n) is 3.87. The lowest BCUT2D eigenvalue weighted by Gasteiger charge is -2.20. The molecule has 1 heterocycles. The molecule has 10 heteroatoms. The van der Waals surface area contributed by atoms with Crippen LogP contribution in [0.5, 0.6) is 0 Å². The van der Waals surface area contributed by atoms with Gasteiger partial charge in [0.15, 0.2) is 0 Å². The Morgan fingerprint density at radius 1 is 1.47 bits per heavy atom. The summed E-state index contributed by atoms with van der Waals surface area (Å²) in [5.74, 6) is 0. The van der Waals surface area contributed by atoms with E-state index >= 15 is 0 Å². The Balaban J connectivity index is 3.17. The van der Waals surface area contributed by atoms with Crippen LogP contribution in [0.25, 0.3) is 0 Å². The van der Waals surface area contributed by atoms with Crippen molar-refractivity contribution in [3.05, 3.63) is 32.6 Å². The molecular weight excluding hydrogens is 279 g/mol. The highest BCUT2D eigenvalue weighted by Crippen LogP contribution is 2.38. The number of nitrogens with zero attached hydrogens (tertiary/aromatic N) is 1. The van der Waals surface area contributed by atoms with Gasteiger partial charge >= 0.3 is 13.3 Å². The highest BCUT2D eigenvalue weighted by atomic mass is 31.2. The van der Waals surface area contributed by atoms with Crippen LogP contribution in [0.2, 0.25) is 0 Å². The number of aromatic nitrogens is 2. The van der Waals surface area contributed by atoms with E-state index in [-0.39, 0.29) is 18.8 Å². The Morgan fingerprint density at radius 2 is 2.11 bits per heavy atom. The summed E-state index contributed by atoms with van der Waals surface area (Å²) in [7, 11) is -4.43. The van der Waals surface area contributed by atoms with Crippen molar-refractivity contribution in [2.45, 2.75) is 13.2 Å². The minimum atomic E-state index is -4.43. The van der Waals surface area contributed by atoms with E-state index in [0.29, 0.717) is 0 Å². The van der Waals surface area contributed by atoms with E-state index in [1.807, 2.05) is 4.98 Å². The zero-order valence-corrected chi connectivity index (χ0v) is 11.0. The molecule has 0 unspecified atom stereocenters. The highest BCUT2D eigenvalue weighted by molar-refractivity contribution is 7.51. The van der Waals surface area contributed by atoms with Gasteiger partial charge in [0.2, 0.25) is 0 Å². The predicted octanol–water partition coefficient (Wildman–Crippen LogP) is -1.47. The number of rotatable bonds is 6. The predicted molar refractivity (Wildman–Crippen MR) is 65.0 cm³/mol. The lowest BCUT2D eigenvalue weighted by Crippen LogP contribution is -2.35. The van der Waals surface area contributed by atoms with E-state index in [1.54, 1.807) is 0 Å². The summed E-state index contributed by atoms with van der Waals surface area (Å²) in [6, 6.07) is 0. The first-order chi connectivity index (χ1) is 8.74. The van der Waals surface area contributed by atoms with Crippen LogP contribution in [-0.2, 0) is 9.30 Å². The second-order valence-corrected chi connectivity index (χ2v) is 5.57. The van der Waals surface area contributed by atoms with Gasteiger partial charge in [-0.1, -0.05) is 0 Å². The number of nitrogens with one attached hydrogen (secondary N) is 1. The molecule has 9 nitrogen and oxygen atoms in total. The number of hydrogen-bond donors (Lipinski definition) is 4. The minimum absolute atomic E-state index is 0.197. The van der Waals surface area contributed by atoms with E-state index < -0.39 is 31.2 Å². The molecule has 0 aromatic carbocycles. The van der Waals surface area contributed by atoms with E-state index in [2.05, 4.69) is 0 Å². The van der Waals surface area contributed by atoms with Gasteiger partial charge in [0.25, 0.3) is 5.56 Å². The fourth-order valence-corrected chi connectivity index (χ4v) is 2.10. The molecule has 0 aliphatic carbocycles. The number of ether oxygens (including phenoxy) is 1. The summed E-state index contributed by atoms with van der Waals surface area (Å²) in [5.41, 5.74) is -1.23. The van der Waals surface area contributed by atoms with E-state index in [0.717, 1.165) is 10.8 Å². The number of aliphatic hydroxyl groups is 1. The Labute approximate surface area is 107 Å². The van der Waals surface area contributed by atoms with Gasteiger partial charge in [0.1, 0.15) is 6.23 Å². The summed E-state index contributed by atoms with van der Waals surface area (Å²) in [4.78, 5) is 42.7. The maximum atomic E-state index is 11.6. The van der Waals surface area contributed by atoms with Crippen LogP contribution in [0.15, 0.2) is 15.8 Å². The number of hydrogen-bond acceptors (Lipinski definition) is 5. The van der Waals surface area contributed by atoms with Gasteiger partial charge in [0.05, 0.1) is 19.4 Å². The quantitative estimate of drug-likeness (QED) is 0.469. The molecule has 19 heavy (non-hydrogen) atoms. The third-order valence-electron chi connectivity index (χ3n) is 2.25. The van der Waals surface area contributed by atoms with Crippen molar-refractivity contribution < 1.29 is 24.2 Å². The molecule has 4 N–H and O–H groups in total. The molecular formula is C9H15N2O7P. The lowest BCUT2D eigenvalue weighted by atomic mass is 10.4. The van der Waals surface area contributed by atoms with Crippen LogP contribution in [0.4, 0.5) is 0 Å². The van der Waals surface area contributed by atoms with Gasteiger partial charge in [-0.05, 0) is 6.92 Å². The first-order valence-electron chi connectivity index (χ1n) is 5.33. The van der Waals surface area contributed by atoms with Crippen LogP contribution in [0.1, 0.15) is 11.8 Å². The van der Waals surface area contributed by atoms with Crippen LogP contribution >= 0.6 is 7.60 Å². The molecule has 0 aliphatic heterocycles. The molecule has 0 spiro atoms. The van der Waals surface area contributed by atoms with Gasteiger partial charge in [-0.25, -0.2) is 4.79 Å². The summed E-state index contributed by atoms with van der Waals surface area (Å²) < 4.78 is 16.9. The normalized spacial score (nSPS) is 13.5. The molecule has 1 atom stereocenters. The van der Waals surface area contributed by atoms with Crippen molar-refractivity contribution in [2.75, 3.05) is 19.4 Å². The number of aliphatic hydroxyl groups excluding tert-OH is 1. The minimum Gasteiger partial charge on any atom is -0.394 e. The number of H-pyrrole nitrogens is 1. The third-order valence-corrected chi connectivity index (χ3v) is 3.04. The molecule has 0 aliphatic rings. The Morgan fingerprint density at radius 3 is 2.63 bits per heavy atom. The molecule has 0 saturated heterocycles. The molecule has 0 bridgehead atoms. The van der Waals surface area contributed by atoms with Gasteiger partial charge in [-0.15, -0.1) is 0 Å². The van der Waals surface area contributed by atoms with Gasteiger partial charge in [-0.3, -0.25) is 18.9 Å². The molecule has 0 radical (unpaired) electrons. The maximum absolute atomic E-state index is 11.6. The molecule has 108 valence electrons. The van der Waals surface area contributed by atoms with Crippen molar-refractivity contribution in [3.63, 3.8) is 0 Å². The van der Waals surface area contributed by atoms with Gasteiger partial charge < -0.3 is 19.6 Å². The Kier molecular flexibility index (Phi) is 5.21. The number of aromatic amines is 1. The standard InChI is InChI=1S/C9H15N2O7P/c1-6-4-11(9(14)10-8(6)13)7(18-3-2-12)5-19(15,16)17/h4,7,12H,2-3,5H2,1H3,(H,10,13,14)(H2,15,16,17)/t7-/m0/s1. The van der Waals surface area contributed by atoms with Crippen molar-refractivity contribution >= 4 is 7.60 Å². The summed E-state index contributed by atoms with van der Waals surface area (Å²) in [6.45, 7) is 0.874. The lowest BCUT2D eigenvalue weighted by molar-refractivity contribution is -0.00613. The molecule has 0 amide bonds. The third kappa shape index (κ3) is 4.73. The average Bonchev–Trinajstić information content (AvgIpc) is 2.28. The largest absolute Gasteiger partial charge is 0.394 e. The SMILES string of the molecule is Cc1cn([C@H](CP(=O)(O)O)OCCO)c(=O)[nH]c1=O. The topological polar surface area (TPSA) is 142 Å². The summed E-state index contributed by atoms with van der Waals surface area (Å²) in [5, 5.41) is 8.66. The first-order valence-corrected chi connectivity index (χ1v) is 7.13. The van der Waals surface area contributed by atoms with Crippen molar-refractivity contribution in [1.29, 1.82) is 0 Å². The Hall–Kier alpha value is -1.25. The van der Waals surface area contributed by atoms with E-state index in [9.17, 15) is 14.2 Å². The molecule has 0 saturated carbocycles. The average molecular weight is 294 g/mol. The van der Waals surface area contributed by atoms with Gasteiger partial charge in [-0.2, -0.15) is 0 Å². The molecule has 1 rings (SSSR count). The fourth-order valence-electron chi connectivity index (χ4n) is 1.41. The zero-order valence-electron chi connectivity index (χ0n) is 10.1. The van der Waals surface area contributed by atoms with Crippen LogP contribution in [-0.4, -0.2) is 43.8 Å². The first kappa shape index (κ1) is 15.8. The Bertz CT molecular complexity index is 587. The van der Waals surface area contributed by atoms with Gasteiger partial charge in [0, 0.05) is 11.8 Å². The van der Waals surface area contributed by atoms with Crippen LogP contribution in [0, 0.1) is 6.92 Å². The van der Waals surface area contributed by atoms with Crippen molar-refractivity contribution in [2.24, 2.45) is 0 Å². The van der Waals surface area contributed by atoms with Crippen molar-refractivity contribution in [1.82, 2.24) is 9.55 Å². The molecule has 1 aromatic rings. The molecule has 0 fully saturated rings. The smallest absolute Gasteiger partial charge is 0.330 e. The molecule has 1 aromatic heterocycles. The van der Waals surface area contributed by atoms with Crippen molar-refractivity contribution in [3.8, 4) is 0 Å². The van der Waals surface area contributed by atoms with Crippen LogP contribution < -0.4 is 11.2 Å². The van der Waals surface area contributed by atoms with E-state index in [4.69, 9.17) is 19.6 Å². The second kappa shape index (κ2) is 6.27. The van der Waals surface area contributed by atoms with E-state index in [1.165, 1.54) is 6.92 Å². The zero-order chi connectivity index (χ0) is 14.6. The fraction of sp³-hybridized carbons (Fsp3) is 0.556. The monoisotopic (exact) mass is 294 g/mol. The summed E-state index contributed by atoms with van der Waals surface area (Å²) >= 11 is 0. The summed E-state index contributed by atoms with van der Waals surface area (Å²) in [6.07, 6.45) is -0.854. The highest BCUT2D eigenvalue weighted by Gasteiger charge is 2.24.